The third kappa shape index (κ3) is 3.90. The van der Waals surface area contributed by atoms with Crippen molar-refractivity contribution in [3.63, 3.8) is 0 Å². The molecule has 0 aliphatic carbocycles. The third-order valence-corrected chi connectivity index (χ3v) is 5.35. The summed E-state index contributed by atoms with van der Waals surface area (Å²) in [5.74, 6) is 1.33. The number of rotatable bonds is 7. The van der Waals surface area contributed by atoms with Crippen LogP contribution in [0.1, 0.15) is 18.9 Å². The molecule has 0 atom stereocenters. The smallest absolute Gasteiger partial charge is 0.226 e. The van der Waals surface area contributed by atoms with Gasteiger partial charge in [0.05, 0.1) is 6.33 Å². The lowest BCUT2D eigenvalue weighted by Crippen LogP contribution is -2.25. The minimum Gasteiger partial charge on any atom is -0.350 e. The molecule has 2 N–H and O–H groups in total. The van der Waals surface area contributed by atoms with Gasteiger partial charge in [-0.15, -0.1) is 10.2 Å². The lowest BCUT2D eigenvalue weighted by Gasteiger charge is -2.24. The summed E-state index contributed by atoms with van der Waals surface area (Å²) in [5.41, 5.74) is 5.56. The number of fused-ring (bicyclic) bond motifs is 1. The molecule has 0 bridgehead atoms. The first-order valence-corrected chi connectivity index (χ1v) is 10.6. The molecule has 3 aromatic heterocycles. The zero-order chi connectivity index (χ0) is 21.9. The number of hydrogen-bond acceptors (Lipinski definition) is 7. The molecule has 5 aromatic rings. The monoisotopic (exact) mass is 445 g/mol. The van der Waals surface area contributed by atoms with Crippen LogP contribution in [0.4, 0.5) is 5.82 Å². The number of nitrogens with one attached hydrogen (secondary N) is 2. The Hall–Kier alpha value is -3.85. The van der Waals surface area contributed by atoms with Gasteiger partial charge in [0.25, 0.3) is 0 Å². The quantitative estimate of drug-likeness (QED) is 0.360. The number of imidazole rings is 1. The van der Waals surface area contributed by atoms with Gasteiger partial charge >= 0.3 is 0 Å². The normalized spacial score (nSPS) is 11.2. The van der Waals surface area contributed by atoms with Crippen molar-refractivity contribution in [2.24, 2.45) is 0 Å². The first-order chi connectivity index (χ1) is 15.7. The molecular weight excluding hydrogens is 426 g/mol. The van der Waals surface area contributed by atoms with E-state index in [0.29, 0.717) is 18.0 Å². The van der Waals surface area contributed by atoms with E-state index in [1.54, 1.807) is 6.33 Å². The van der Waals surface area contributed by atoms with E-state index in [-0.39, 0.29) is 5.28 Å². The Morgan fingerprint density at radius 2 is 1.81 bits per heavy atom. The van der Waals surface area contributed by atoms with Gasteiger partial charge in [-0.1, -0.05) is 55.5 Å². The van der Waals surface area contributed by atoms with Crippen molar-refractivity contribution in [2.45, 2.75) is 19.9 Å². The minimum atomic E-state index is 0.189. The van der Waals surface area contributed by atoms with E-state index in [1.165, 1.54) is 0 Å². The van der Waals surface area contributed by atoms with Crippen molar-refractivity contribution in [2.75, 3.05) is 11.4 Å². The highest BCUT2D eigenvalue weighted by molar-refractivity contribution is 6.28. The zero-order valence-electron chi connectivity index (χ0n) is 17.3. The molecule has 0 spiro atoms. The third-order valence-electron chi connectivity index (χ3n) is 5.18. The predicted molar refractivity (Wildman–Crippen MR) is 123 cm³/mol. The second-order valence-electron chi connectivity index (χ2n) is 7.32. The summed E-state index contributed by atoms with van der Waals surface area (Å²) in [7, 11) is 0. The number of aromatic nitrogens is 8. The van der Waals surface area contributed by atoms with Crippen LogP contribution in [0.5, 0.6) is 0 Å². The summed E-state index contributed by atoms with van der Waals surface area (Å²) in [6.07, 6.45) is 2.58. The van der Waals surface area contributed by atoms with Crippen LogP contribution in [0.3, 0.4) is 0 Å². The Morgan fingerprint density at radius 1 is 1.00 bits per heavy atom. The molecule has 5 rings (SSSR count). The van der Waals surface area contributed by atoms with Crippen molar-refractivity contribution in [1.29, 1.82) is 0 Å². The van der Waals surface area contributed by atoms with Gasteiger partial charge in [-0.25, -0.2) is 4.98 Å². The molecule has 0 radical (unpaired) electrons. The SMILES string of the molecule is CCCN(Cc1ccc(-c2ccccc2-c2nn[nH]n2)cc1)c1nc(Cl)nc2nc[nH]c12. The summed E-state index contributed by atoms with van der Waals surface area (Å²) < 4.78 is 0. The topological polar surface area (TPSA) is 112 Å². The molecule has 0 aliphatic heterocycles. The van der Waals surface area contributed by atoms with E-state index in [0.717, 1.165) is 46.6 Å². The molecule has 2 aromatic carbocycles. The largest absolute Gasteiger partial charge is 0.350 e. The zero-order valence-corrected chi connectivity index (χ0v) is 18.1. The Morgan fingerprint density at radius 3 is 2.56 bits per heavy atom. The fourth-order valence-corrected chi connectivity index (χ4v) is 3.93. The number of aromatic amines is 2. The average Bonchev–Trinajstić information content (AvgIpc) is 3.51. The summed E-state index contributed by atoms with van der Waals surface area (Å²) in [6, 6.07) is 16.5. The number of benzene rings is 2. The molecular formula is C22H20ClN9. The summed E-state index contributed by atoms with van der Waals surface area (Å²) >= 11 is 6.15. The Labute approximate surface area is 188 Å². The van der Waals surface area contributed by atoms with Gasteiger partial charge in [0.2, 0.25) is 11.1 Å². The van der Waals surface area contributed by atoms with Crippen LogP contribution in [0.15, 0.2) is 54.9 Å². The van der Waals surface area contributed by atoms with Gasteiger partial charge in [-0.3, -0.25) is 0 Å². The average molecular weight is 446 g/mol. The van der Waals surface area contributed by atoms with Crippen molar-refractivity contribution in [3.8, 4) is 22.5 Å². The summed E-state index contributed by atoms with van der Waals surface area (Å²) in [4.78, 5) is 18.2. The van der Waals surface area contributed by atoms with Crippen molar-refractivity contribution in [3.05, 3.63) is 65.7 Å². The molecule has 0 aliphatic rings. The fraction of sp³-hybridized carbons (Fsp3) is 0.182. The maximum absolute atomic E-state index is 6.15. The first kappa shape index (κ1) is 20.1. The van der Waals surface area contributed by atoms with Gasteiger partial charge in [0.15, 0.2) is 11.5 Å². The summed E-state index contributed by atoms with van der Waals surface area (Å²) in [6.45, 7) is 3.64. The Kier molecular flexibility index (Phi) is 5.47. The van der Waals surface area contributed by atoms with Crippen LogP contribution in [-0.4, -0.2) is 47.1 Å². The van der Waals surface area contributed by atoms with Gasteiger partial charge in [0, 0.05) is 18.7 Å². The number of hydrogen-bond donors (Lipinski definition) is 2. The number of tetrazole rings is 1. The number of nitrogens with zero attached hydrogens (tertiary/aromatic N) is 7. The first-order valence-electron chi connectivity index (χ1n) is 10.3. The minimum absolute atomic E-state index is 0.189. The van der Waals surface area contributed by atoms with E-state index in [1.807, 2.05) is 18.2 Å². The molecule has 0 saturated heterocycles. The molecule has 9 nitrogen and oxygen atoms in total. The van der Waals surface area contributed by atoms with Crippen LogP contribution in [0.25, 0.3) is 33.7 Å². The maximum atomic E-state index is 6.15. The van der Waals surface area contributed by atoms with E-state index < -0.39 is 0 Å². The number of anilines is 1. The Bertz CT molecular complexity index is 1330. The number of halogens is 1. The van der Waals surface area contributed by atoms with Crippen LogP contribution >= 0.6 is 11.6 Å². The number of H-pyrrole nitrogens is 2. The molecule has 0 fully saturated rings. The van der Waals surface area contributed by atoms with Crippen LogP contribution < -0.4 is 4.90 Å². The van der Waals surface area contributed by atoms with E-state index in [9.17, 15) is 0 Å². The van der Waals surface area contributed by atoms with Gasteiger partial charge < -0.3 is 9.88 Å². The maximum Gasteiger partial charge on any atom is 0.226 e. The second-order valence-corrected chi connectivity index (χ2v) is 7.65. The second kappa shape index (κ2) is 8.72. The highest BCUT2D eigenvalue weighted by Crippen LogP contribution is 2.30. The lowest BCUT2D eigenvalue weighted by molar-refractivity contribution is 0.756. The van der Waals surface area contributed by atoms with Gasteiger partial charge in [-0.05, 0) is 39.9 Å². The standard InChI is InChI=1S/C22H20ClN9/c1-2-11-32(21-18-20(25-13-24-18)26-22(23)27-21)12-14-7-9-15(10-8-14)16-5-3-4-6-17(16)19-28-30-31-29-19/h3-10,13H,2,11-12H2,1H3,(H,24,25,26,27)(H,28,29,30,31). The molecule has 0 unspecified atom stereocenters. The lowest BCUT2D eigenvalue weighted by atomic mass is 9.98. The van der Waals surface area contributed by atoms with E-state index >= 15 is 0 Å². The van der Waals surface area contributed by atoms with Gasteiger partial charge in [-0.2, -0.15) is 15.2 Å². The van der Waals surface area contributed by atoms with E-state index in [4.69, 9.17) is 11.6 Å². The summed E-state index contributed by atoms with van der Waals surface area (Å²) in [5, 5.41) is 14.6. The van der Waals surface area contributed by atoms with Crippen molar-refractivity contribution >= 4 is 28.6 Å². The van der Waals surface area contributed by atoms with Crippen molar-refractivity contribution in [1.82, 2.24) is 40.6 Å². The molecule has 3 heterocycles. The molecule has 0 amide bonds. The highest BCUT2D eigenvalue weighted by atomic mass is 35.5. The van der Waals surface area contributed by atoms with E-state index in [2.05, 4.69) is 82.7 Å². The van der Waals surface area contributed by atoms with Crippen LogP contribution in [0, 0.1) is 0 Å². The highest BCUT2D eigenvalue weighted by Gasteiger charge is 2.16. The van der Waals surface area contributed by atoms with Crippen LogP contribution in [0.2, 0.25) is 5.28 Å². The Balaban J connectivity index is 1.45. The van der Waals surface area contributed by atoms with Crippen LogP contribution in [-0.2, 0) is 6.54 Å². The van der Waals surface area contributed by atoms with Crippen molar-refractivity contribution < 1.29 is 0 Å². The van der Waals surface area contributed by atoms with Gasteiger partial charge in [0.1, 0.15) is 5.52 Å². The molecule has 32 heavy (non-hydrogen) atoms. The predicted octanol–water partition coefficient (Wildman–Crippen LogP) is 4.27. The molecule has 10 heteroatoms. The molecule has 160 valence electrons. The fourth-order valence-electron chi connectivity index (χ4n) is 3.77. The molecule has 0 saturated carbocycles.